The summed E-state index contributed by atoms with van der Waals surface area (Å²) in [6, 6.07) is 0.302. The zero-order valence-corrected chi connectivity index (χ0v) is 6.63. The first-order chi connectivity index (χ1) is 4.66. The topological polar surface area (TPSA) is 48.6 Å². The van der Waals surface area contributed by atoms with Crippen LogP contribution in [0.4, 0.5) is 0 Å². The third-order valence-electron chi connectivity index (χ3n) is 0.828. The minimum Gasteiger partial charge on any atom is -0.290 e. The van der Waals surface area contributed by atoms with Gasteiger partial charge >= 0.3 is 0 Å². The second-order valence-electron chi connectivity index (χ2n) is 2.27. The number of nitrogens with one attached hydrogen (secondary N) is 1. The zero-order chi connectivity index (χ0) is 7.98. The van der Waals surface area contributed by atoms with E-state index in [0.29, 0.717) is 6.04 Å². The van der Waals surface area contributed by atoms with Gasteiger partial charge in [-0.1, -0.05) is 0 Å². The highest BCUT2D eigenvalue weighted by molar-refractivity contribution is 6.30. The van der Waals surface area contributed by atoms with Crippen LogP contribution in [0.5, 0.6) is 0 Å². The summed E-state index contributed by atoms with van der Waals surface area (Å²) < 4.78 is 0. The largest absolute Gasteiger partial charge is 0.290 e. The third-order valence-corrected chi connectivity index (χ3v) is 0.828. The smallest absolute Gasteiger partial charge is 0.107 e. The normalized spacial score (nSPS) is 13.0. The molecule has 0 spiro atoms. The van der Waals surface area contributed by atoms with Crippen LogP contribution in [0.3, 0.4) is 0 Å². The molecule has 1 N–H and O–H groups in total. The van der Waals surface area contributed by atoms with Gasteiger partial charge in [0.05, 0.1) is 5.71 Å². The van der Waals surface area contributed by atoms with Crippen LogP contribution in [-0.2, 0) is 0 Å². The molecule has 3 heteroatoms. The molecule has 0 aliphatic carbocycles. The first-order valence-corrected chi connectivity index (χ1v) is 3.23. The van der Waals surface area contributed by atoms with Crippen LogP contribution in [0.2, 0.25) is 0 Å². The summed E-state index contributed by atoms with van der Waals surface area (Å²) in [4.78, 5) is 7.79. The van der Waals surface area contributed by atoms with E-state index in [4.69, 9.17) is 5.41 Å². The highest BCUT2D eigenvalue weighted by atomic mass is 14.8. The van der Waals surface area contributed by atoms with Gasteiger partial charge in [0.2, 0.25) is 0 Å². The fourth-order valence-corrected chi connectivity index (χ4v) is 0.392. The van der Waals surface area contributed by atoms with E-state index in [0.717, 1.165) is 12.1 Å². The van der Waals surface area contributed by atoms with Gasteiger partial charge in [0.15, 0.2) is 0 Å². The Morgan fingerprint density at radius 3 is 2.50 bits per heavy atom. The van der Waals surface area contributed by atoms with Crippen molar-refractivity contribution >= 4 is 18.3 Å². The van der Waals surface area contributed by atoms with E-state index in [2.05, 4.69) is 9.98 Å². The second-order valence-corrected chi connectivity index (χ2v) is 2.27. The molecule has 0 unspecified atom stereocenters. The fraction of sp³-hybridized carbons (Fsp3) is 0.571. The Labute approximate surface area is 61.4 Å². The monoisotopic (exact) mass is 139 g/mol. The van der Waals surface area contributed by atoms with Crippen LogP contribution in [0.25, 0.3) is 0 Å². The quantitative estimate of drug-likeness (QED) is 0.455. The molecule has 0 rings (SSSR count). The standard InChI is InChI=1S/C7H13N3/c1-6(2)9-4-7(3)10-5-8/h4-6,8H,1-3H3. The average molecular weight is 139 g/mol. The lowest BCUT2D eigenvalue weighted by Crippen LogP contribution is -1.97. The molecule has 0 fully saturated rings. The van der Waals surface area contributed by atoms with Gasteiger partial charge in [0.1, 0.15) is 6.34 Å². The molecule has 0 radical (unpaired) electrons. The Morgan fingerprint density at radius 2 is 2.10 bits per heavy atom. The number of aliphatic imine (C=N–C) groups is 2. The van der Waals surface area contributed by atoms with Gasteiger partial charge in [0.25, 0.3) is 0 Å². The Hall–Kier alpha value is -0.990. The molecule has 0 saturated heterocycles. The van der Waals surface area contributed by atoms with Gasteiger partial charge < -0.3 is 0 Å². The lowest BCUT2D eigenvalue weighted by molar-refractivity contribution is 0.842. The minimum absolute atomic E-state index is 0.302. The maximum absolute atomic E-state index is 6.64. The number of hydrogen-bond acceptors (Lipinski definition) is 2. The van der Waals surface area contributed by atoms with Crippen LogP contribution in [-0.4, -0.2) is 24.3 Å². The van der Waals surface area contributed by atoms with E-state index in [9.17, 15) is 0 Å². The molecule has 10 heavy (non-hydrogen) atoms. The Morgan fingerprint density at radius 1 is 1.50 bits per heavy atom. The summed E-state index contributed by atoms with van der Waals surface area (Å²) in [5.74, 6) is 0. The van der Waals surface area contributed by atoms with E-state index in [1.54, 1.807) is 6.21 Å². The van der Waals surface area contributed by atoms with Crippen molar-refractivity contribution in [2.24, 2.45) is 9.98 Å². The first-order valence-electron chi connectivity index (χ1n) is 3.23. The molecule has 0 amide bonds. The van der Waals surface area contributed by atoms with Gasteiger partial charge in [0, 0.05) is 12.3 Å². The van der Waals surface area contributed by atoms with Crippen LogP contribution < -0.4 is 0 Å². The van der Waals surface area contributed by atoms with Gasteiger partial charge in [-0.15, -0.1) is 0 Å². The molecule has 0 aromatic carbocycles. The van der Waals surface area contributed by atoms with Crippen LogP contribution in [0.15, 0.2) is 9.98 Å². The molecule has 0 bridgehead atoms. The fourth-order valence-electron chi connectivity index (χ4n) is 0.392. The summed E-state index contributed by atoms with van der Waals surface area (Å²) >= 11 is 0. The SMILES string of the molecule is CC(C=NC(C)C)=NC=N. The minimum atomic E-state index is 0.302. The van der Waals surface area contributed by atoms with E-state index >= 15 is 0 Å². The third kappa shape index (κ3) is 5.15. The number of hydrogen-bond donors (Lipinski definition) is 1. The molecule has 0 aromatic rings. The average Bonchev–Trinajstić information content (AvgIpc) is 1.85. The molecule has 0 aliphatic rings. The molecule has 0 saturated carbocycles. The van der Waals surface area contributed by atoms with Crippen molar-refractivity contribution in [2.75, 3.05) is 0 Å². The summed E-state index contributed by atoms with van der Waals surface area (Å²) in [6.45, 7) is 5.80. The predicted octanol–water partition coefficient (Wildman–Crippen LogP) is 1.53. The molecule has 0 aliphatic heterocycles. The van der Waals surface area contributed by atoms with Crippen molar-refractivity contribution in [1.29, 1.82) is 5.41 Å². The highest BCUT2D eigenvalue weighted by Crippen LogP contribution is 1.83. The van der Waals surface area contributed by atoms with E-state index < -0.39 is 0 Å². The maximum atomic E-state index is 6.64. The van der Waals surface area contributed by atoms with Crippen molar-refractivity contribution < 1.29 is 0 Å². The molecular formula is C7H13N3. The molecule has 0 heterocycles. The Balaban J connectivity index is 3.88. The van der Waals surface area contributed by atoms with Gasteiger partial charge in [-0.25, -0.2) is 4.99 Å². The molecular weight excluding hydrogens is 126 g/mol. The summed E-state index contributed by atoms with van der Waals surface area (Å²) in [5, 5.41) is 6.64. The van der Waals surface area contributed by atoms with Gasteiger partial charge in [-0.3, -0.25) is 10.4 Å². The lowest BCUT2D eigenvalue weighted by Gasteiger charge is -1.92. The van der Waals surface area contributed by atoms with Gasteiger partial charge in [-0.2, -0.15) is 0 Å². The van der Waals surface area contributed by atoms with E-state index in [1.807, 2.05) is 20.8 Å². The molecule has 0 atom stereocenters. The number of rotatable bonds is 3. The predicted molar refractivity (Wildman–Crippen MR) is 45.5 cm³/mol. The van der Waals surface area contributed by atoms with Crippen molar-refractivity contribution in [2.45, 2.75) is 26.8 Å². The Bertz CT molecular complexity index is 156. The van der Waals surface area contributed by atoms with Crippen molar-refractivity contribution in [1.82, 2.24) is 0 Å². The summed E-state index contributed by atoms with van der Waals surface area (Å²) in [7, 11) is 0. The zero-order valence-electron chi connectivity index (χ0n) is 6.63. The van der Waals surface area contributed by atoms with Crippen molar-refractivity contribution in [3.8, 4) is 0 Å². The lowest BCUT2D eigenvalue weighted by atomic mass is 10.4. The maximum Gasteiger partial charge on any atom is 0.107 e. The van der Waals surface area contributed by atoms with Crippen LogP contribution >= 0.6 is 0 Å². The van der Waals surface area contributed by atoms with Crippen molar-refractivity contribution in [3.63, 3.8) is 0 Å². The summed E-state index contributed by atoms with van der Waals surface area (Å²) in [5.41, 5.74) is 0.767. The molecule has 3 nitrogen and oxygen atoms in total. The number of nitrogens with zero attached hydrogens (tertiary/aromatic N) is 2. The first kappa shape index (κ1) is 9.01. The van der Waals surface area contributed by atoms with Gasteiger partial charge in [-0.05, 0) is 20.8 Å². The highest BCUT2D eigenvalue weighted by Gasteiger charge is 1.84. The van der Waals surface area contributed by atoms with E-state index in [1.165, 1.54) is 0 Å². The summed E-state index contributed by atoms with van der Waals surface area (Å²) in [6.07, 6.45) is 2.69. The van der Waals surface area contributed by atoms with Crippen LogP contribution in [0.1, 0.15) is 20.8 Å². The van der Waals surface area contributed by atoms with Crippen molar-refractivity contribution in [3.05, 3.63) is 0 Å². The molecule has 0 aromatic heterocycles. The Kier molecular flexibility index (Phi) is 4.37. The molecule has 56 valence electrons. The second kappa shape index (κ2) is 4.85. The van der Waals surface area contributed by atoms with E-state index in [-0.39, 0.29) is 0 Å². The van der Waals surface area contributed by atoms with Crippen LogP contribution in [0, 0.1) is 5.41 Å².